The molecule has 2 heterocycles. The zero-order valence-corrected chi connectivity index (χ0v) is 17.8. The normalized spacial score (nSPS) is 16.3. The number of benzene rings is 2. The number of hydrogen-bond donors (Lipinski definition) is 2. The molecule has 1 aliphatic rings. The Kier molecular flexibility index (Phi) is 6.73. The van der Waals surface area contributed by atoms with E-state index in [0.717, 1.165) is 32.2 Å². The quantitative estimate of drug-likeness (QED) is 0.611. The number of rotatable bonds is 6. The molecule has 1 aromatic heterocycles. The van der Waals surface area contributed by atoms with Gasteiger partial charge in [0.15, 0.2) is 5.76 Å². The van der Waals surface area contributed by atoms with Crippen LogP contribution in [0.5, 0.6) is 5.75 Å². The first-order chi connectivity index (χ1) is 15.0. The molecule has 6 nitrogen and oxygen atoms in total. The van der Waals surface area contributed by atoms with Gasteiger partial charge < -0.3 is 14.6 Å². The van der Waals surface area contributed by atoms with Gasteiger partial charge in [0.1, 0.15) is 12.4 Å². The maximum Gasteiger partial charge on any atom is 0.227 e. The van der Waals surface area contributed by atoms with Gasteiger partial charge in [0.05, 0.1) is 12.6 Å². The van der Waals surface area contributed by atoms with Crippen LogP contribution in [0.2, 0.25) is 5.02 Å². The third kappa shape index (κ3) is 4.99. The number of hydrogen-bond acceptors (Lipinski definition) is 6. The van der Waals surface area contributed by atoms with Crippen LogP contribution in [0.3, 0.4) is 0 Å². The topological polar surface area (TPSA) is 77.2 Å². The molecule has 4 rings (SSSR count). The molecule has 0 saturated carbocycles. The van der Waals surface area contributed by atoms with Gasteiger partial charge in [0.25, 0.3) is 0 Å². The van der Waals surface area contributed by atoms with E-state index in [4.69, 9.17) is 16.0 Å². The van der Waals surface area contributed by atoms with E-state index >= 15 is 0 Å². The van der Waals surface area contributed by atoms with Crippen LogP contribution >= 0.6 is 11.6 Å². The molecule has 0 aliphatic carbocycles. The first-order valence-electron chi connectivity index (χ1n) is 10.3. The predicted octanol–water partition coefficient (Wildman–Crippen LogP) is 3.40. The molecule has 2 aromatic carbocycles. The summed E-state index contributed by atoms with van der Waals surface area (Å²) < 4.78 is 5.50. The van der Waals surface area contributed by atoms with Crippen LogP contribution in [0.25, 0.3) is 0 Å². The van der Waals surface area contributed by atoms with Crippen LogP contribution in [0, 0.1) is 0 Å². The number of aliphatic hydroxyl groups is 1. The average molecular weight is 441 g/mol. The molecule has 7 heteroatoms. The van der Waals surface area contributed by atoms with Crippen molar-refractivity contribution in [3.8, 4) is 5.75 Å². The molecule has 0 unspecified atom stereocenters. The third-order valence-electron chi connectivity index (χ3n) is 5.64. The summed E-state index contributed by atoms with van der Waals surface area (Å²) in [6.45, 7) is 3.07. The van der Waals surface area contributed by atoms with Gasteiger partial charge in [-0.2, -0.15) is 0 Å². The zero-order chi connectivity index (χ0) is 21.8. The van der Waals surface area contributed by atoms with E-state index in [2.05, 4.69) is 34.1 Å². The first-order valence-corrected chi connectivity index (χ1v) is 10.7. The number of aromatic hydroxyl groups is 1. The lowest BCUT2D eigenvalue weighted by molar-refractivity contribution is 0.0967. The van der Waals surface area contributed by atoms with Crippen molar-refractivity contribution in [2.24, 2.45) is 0 Å². The second-order valence-electron chi connectivity index (χ2n) is 7.68. The van der Waals surface area contributed by atoms with E-state index in [9.17, 15) is 15.0 Å². The van der Waals surface area contributed by atoms with Gasteiger partial charge in [-0.05, 0) is 23.3 Å². The molecule has 2 N–H and O–H groups in total. The summed E-state index contributed by atoms with van der Waals surface area (Å²) in [7, 11) is 0. The lowest BCUT2D eigenvalue weighted by atomic mass is 9.96. The average Bonchev–Trinajstić information content (AvgIpc) is 2.80. The fraction of sp³-hybridized carbons (Fsp3) is 0.292. The van der Waals surface area contributed by atoms with E-state index in [0.29, 0.717) is 11.6 Å². The summed E-state index contributed by atoms with van der Waals surface area (Å²) >= 11 is 6.10. The maximum absolute atomic E-state index is 11.9. The molecule has 1 atom stereocenters. The van der Waals surface area contributed by atoms with Crippen molar-refractivity contribution >= 4 is 11.6 Å². The van der Waals surface area contributed by atoms with E-state index in [1.54, 1.807) is 0 Å². The summed E-state index contributed by atoms with van der Waals surface area (Å²) in [5.74, 6) is -0.0337. The van der Waals surface area contributed by atoms with E-state index in [1.807, 2.05) is 30.3 Å². The summed E-state index contributed by atoms with van der Waals surface area (Å²) in [5.41, 5.74) is 1.87. The van der Waals surface area contributed by atoms with Crippen LogP contribution in [-0.4, -0.2) is 46.2 Å². The maximum atomic E-state index is 11.9. The van der Waals surface area contributed by atoms with Crippen LogP contribution in [0.4, 0.5) is 0 Å². The van der Waals surface area contributed by atoms with Gasteiger partial charge in [-0.15, -0.1) is 0 Å². The molecule has 0 bridgehead atoms. The Labute approximate surface area is 185 Å². The minimum Gasteiger partial charge on any atom is -0.502 e. The Hall–Kier alpha value is -2.64. The lowest BCUT2D eigenvalue weighted by Gasteiger charge is -2.39. The van der Waals surface area contributed by atoms with Crippen molar-refractivity contribution in [1.82, 2.24) is 9.80 Å². The monoisotopic (exact) mass is 440 g/mol. The summed E-state index contributed by atoms with van der Waals surface area (Å²) in [6.07, 6.45) is 0. The minimum atomic E-state index is -0.532. The number of aliphatic hydroxyl groups excluding tert-OH is 1. The van der Waals surface area contributed by atoms with Crippen molar-refractivity contribution in [1.29, 1.82) is 0 Å². The highest BCUT2D eigenvalue weighted by molar-refractivity contribution is 6.30. The molecule has 162 valence electrons. The van der Waals surface area contributed by atoms with Crippen LogP contribution in [0.15, 0.2) is 69.9 Å². The molecule has 0 amide bonds. The fourth-order valence-electron chi connectivity index (χ4n) is 4.05. The van der Waals surface area contributed by atoms with Crippen molar-refractivity contribution < 1.29 is 14.6 Å². The minimum absolute atomic E-state index is 0.115. The molecular formula is C24H25ClN2O4. The highest BCUT2D eigenvalue weighted by Crippen LogP contribution is 2.30. The third-order valence-corrected chi connectivity index (χ3v) is 5.89. The van der Waals surface area contributed by atoms with E-state index in [-0.39, 0.29) is 29.9 Å². The highest BCUT2D eigenvalue weighted by Gasteiger charge is 2.27. The Morgan fingerprint density at radius 1 is 0.968 bits per heavy atom. The molecule has 3 aromatic rings. The molecule has 1 fully saturated rings. The van der Waals surface area contributed by atoms with Gasteiger partial charge in [0.2, 0.25) is 11.2 Å². The molecule has 0 spiro atoms. The molecule has 31 heavy (non-hydrogen) atoms. The number of piperazine rings is 1. The van der Waals surface area contributed by atoms with Gasteiger partial charge in [0, 0.05) is 37.3 Å². The Morgan fingerprint density at radius 3 is 2.26 bits per heavy atom. The van der Waals surface area contributed by atoms with Crippen molar-refractivity contribution in [3.05, 3.63) is 98.6 Å². The zero-order valence-electron chi connectivity index (χ0n) is 17.1. The van der Waals surface area contributed by atoms with Crippen molar-refractivity contribution in [3.63, 3.8) is 0 Å². The first kappa shape index (κ1) is 21.6. The summed E-state index contributed by atoms with van der Waals surface area (Å²) in [5, 5.41) is 20.1. The molecular weight excluding hydrogens is 416 g/mol. The van der Waals surface area contributed by atoms with Gasteiger partial charge in [-0.1, -0.05) is 54.1 Å². The molecule has 0 radical (unpaired) electrons. The van der Waals surface area contributed by atoms with Crippen LogP contribution < -0.4 is 5.43 Å². The van der Waals surface area contributed by atoms with Crippen LogP contribution in [-0.2, 0) is 13.2 Å². The van der Waals surface area contributed by atoms with Crippen molar-refractivity contribution in [2.45, 2.75) is 19.2 Å². The van der Waals surface area contributed by atoms with Gasteiger partial charge in [-0.25, -0.2) is 0 Å². The van der Waals surface area contributed by atoms with Gasteiger partial charge >= 0.3 is 0 Å². The Balaban J connectivity index is 1.50. The highest BCUT2D eigenvalue weighted by atomic mass is 35.5. The van der Waals surface area contributed by atoms with Crippen molar-refractivity contribution in [2.75, 3.05) is 26.2 Å². The van der Waals surface area contributed by atoms with E-state index < -0.39 is 5.43 Å². The molecule has 1 saturated heterocycles. The number of nitrogens with zero attached hydrogens (tertiary/aromatic N) is 2. The standard InChI is InChI=1S/C24H25ClN2O4/c25-19-8-6-18(7-9-19)23(17-4-2-1-3-5-17)27-12-10-26(11-13-27)15-22-24(30)21(29)14-20(16-28)31-22/h1-9,14,23,28,30H,10-13,15-16H2/t23-/m0/s1. The van der Waals surface area contributed by atoms with Gasteiger partial charge in [-0.3, -0.25) is 14.6 Å². The Bertz CT molecular complexity index is 1060. The van der Waals surface area contributed by atoms with Crippen LogP contribution in [0.1, 0.15) is 28.7 Å². The second kappa shape index (κ2) is 9.66. The number of halogens is 1. The summed E-state index contributed by atoms with van der Waals surface area (Å²) in [4.78, 5) is 16.4. The lowest BCUT2D eigenvalue weighted by Crippen LogP contribution is -2.47. The SMILES string of the molecule is O=c1cc(CO)oc(CN2CCN([C@@H](c3ccccc3)c3ccc(Cl)cc3)CC2)c1O. The predicted molar refractivity (Wildman–Crippen MR) is 119 cm³/mol. The Morgan fingerprint density at radius 2 is 1.61 bits per heavy atom. The smallest absolute Gasteiger partial charge is 0.227 e. The molecule has 1 aliphatic heterocycles. The second-order valence-corrected chi connectivity index (χ2v) is 8.12. The largest absolute Gasteiger partial charge is 0.502 e. The van der Waals surface area contributed by atoms with E-state index in [1.165, 1.54) is 11.1 Å². The fourth-order valence-corrected chi connectivity index (χ4v) is 4.18. The summed E-state index contributed by atoms with van der Waals surface area (Å²) in [6, 6.07) is 19.6.